The lowest BCUT2D eigenvalue weighted by Gasteiger charge is -2.25. The zero-order valence-corrected chi connectivity index (χ0v) is 19.7. The molecule has 12 heteroatoms. The number of nitro benzene ring substituents is 1. The van der Waals surface area contributed by atoms with Gasteiger partial charge in [-0.2, -0.15) is 0 Å². The summed E-state index contributed by atoms with van der Waals surface area (Å²) in [5, 5.41) is 13.3. The number of amides is 2. The van der Waals surface area contributed by atoms with E-state index in [0.29, 0.717) is 24.1 Å². The first-order valence-corrected chi connectivity index (χ1v) is 11.0. The molecule has 1 aliphatic heterocycles. The Kier molecular flexibility index (Phi) is 8.36. The molecular weight excluding hydrogens is 485 g/mol. The highest BCUT2D eigenvalue weighted by Gasteiger charge is 2.30. The van der Waals surface area contributed by atoms with Crippen LogP contribution < -0.4 is 10.2 Å². The first-order valence-electron chi connectivity index (χ1n) is 10.7. The fraction of sp³-hybridized carbons (Fsp3) is 0.348. The van der Waals surface area contributed by atoms with Crippen LogP contribution in [0.15, 0.2) is 36.4 Å². The lowest BCUT2D eigenvalue weighted by Crippen LogP contribution is -2.41. The van der Waals surface area contributed by atoms with Gasteiger partial charge in [-0.15, -0.1) is 0 Å². The van der Waals surface area contributed by atoms with E-state index in [4.69, 9.17) is 16.3 Å². The van der Waals surface area contributed by atoms with Crippen molar-refractivity contribution < 1.29 is 33.2 Å². The topological polar surface area (TPSA) is 128 Å². The molecule has 0 fully saturated rings. The Morgan fingerprint density at radius 3 is 2.69 bits per heavy atom. The number of carbonyl (C=O) groups is 3. The summed E-state index contributed by atoms with van der Waals surface area (Å²) in [5.41, 5.74) is 0.542. The largest absolute Gasteiger partial charge is 0.467 e. The molecule has 1 aliphatic rings. The highest BCUT2D eigenvalue weighted by Crippen LogP contribution is 2.37. The molecule has 0 bridgehead atoms. The Morgan fingerprint density at radius 2 is 2.03 bits per heavy atom. The van der Waals surface area contributed by atoms with Gasteiger partial charge < -0.3 is 19.7 Å². The highest BCUT2D eigenvalue weighted by molar-refractivity contribution is 6.34. The maximum absolute atomic E-state index is 14.2. The number of nitrogens with zero attached hydrogens (tertiary/aromatic N) is 2. The minimum Gasteiger partial charge on any atom is -0.467 e. The maximum atomic E-state index is 14.2. The van der Waals surface area contributed by atoms with Crippen molar-refractivity contribution in [3.63, 3.8) is 0 Å². The second kappa shape index (κ2) is 11.2. The second-order valence-electron chi connectivity index (χ2n) is 7.84. The number of hydrogen-bond acceptors (Lipinski definition) is 7. The van der Waals surface area contributed by atoms with Crippen molar-refractivity contribution in [3.05, 3.63) is 68.5 Å². The number of hydrogen-bond donors (Lipinski definition) is 1. The molecule has 0 aliphatic carbocycles. The Morgan fingerprint density at radius 1 is 1.29 bits per heavy atom. The van der Waals surface area contributed by atoms with Crippen molar-refractivity contribution >= 4 is 40.8 Å². The molecule has 0 spiro atoms. The SMILES string of the molecule is COC(=O)[C@H](C)NC(=O)COC1CCCN(C(=O)c2ccc([N+](=O)[O-])cc2Cl)c2ccc(F)cc21. The third-order valence-corrected chi connectivity index (χ3v) is 5.77. The lowest BCUT2D eigenvalue weighted by molar-refractivity contribution is -0.384. The first-order chi connectivity index (χ1) is 16.6. The monoisotopic (exact) mass is 507 g/mol. The number of methoxy groups -OCH3 is 1. The van der Waals surface area contributed by atoms with E-state index in [9.17, 15) is 28.9 Å². The summed E-state index contributed by atoms with van der Waals surface area (Å²) >= 11 is 6.15. The van der Waals surface area contributed by atoms with Crippen LogP contribution in [-0.2, 0) is 19.1 Å². The molecule has 2 aromatic rings. The van der Waals surface area contributed by atoms with E-state index in [1.165, 1.54) is 49.3 Å². The van der Waals surface area contributed by atoms with Crippen molar-refractivity contribution in [2.75, 3.05) is 25.2 Å². The van der Waals surface area contributed by atoms with Crippen molar-refractivity contribution in [2.45, 2.75) is 31.9 Å². The Bertz CT molecular complexity index is 1160. The van der Waals surface area contributed by atoms with Crippen LogP contribution in [0.25, 0.3) is 0 Å². The highest BCUT2D eigenvalue weighted by atomic mass is 35.5. The van der Waals surface area contributed by atoms with Gasteiger partial charge in [0.2, 0.25) is 5.91 Å². The average Bonchev–Trinajstić information content (AvgIpc) is 3.00. The first kappa shape index (κ1) is 26.0. The van der Waals surface area contributed by atoms with Crippen molar-refractivity contribution in [2.24, 2.45) is 0 Å². The van der Waals surface area contributed by atoms with Gasteiger partial charge in [-0.3, -0.25) is 19.7 Å². The van der Waals surface area contributed by atoms with Crippen LogP contribution >= 0.6 is 11.6 Å². The molecule has 35 heavy (non-hydrogen) atoms. The maximum Gasteiger partial charge on any atom is 0.328 e. The minimum atomic E-state index is -0.866. The van der Waals surface area contributed by atoms with Crippen LogP contribution in [0.4, 0.5) is 15.8 Å². The molecule has 0 saturated carbocycles. The van der Waals surface area contributed by atoms with Crippen molar-refractivity contribution in [1.82, 2.24) is 5.32 Å². The number of carbonyl (C=O) groups excluding carboxylic acids is 3. The van der Waals surface area contributed by atoms with Gasteiger partial charge in [-0.05, 0) is 44.0 Å². The van der Waals surface area contributed by atoms with Gasteiger partial charge in [0.15, 0.2) is 0 Å². The van der Waals surface area contributed by atoms with Gasteiger partial charge in [0.05, 0.1) is 28.7 Å². The second-order valence-corrected chi connectivity index (χ2v) is 8.24. The fourth-order valence-corrected chi connectivity index (χ4v) is 4.01. The number of non-ortho nitro benzene ring substituents is 1. The van der Waals surface area contributed by atoms with Crippen LogP contribution in [-0.4, -0.2) is 49.0 Å². The number of anilines is 1. The number of halogens is 2. The Hall–Kier alpha value is -3.57. The summed E-state index contributed by atoms with van der Waals surface area (Å²) in [7, 11) is 1.20. The minimum absolute atomic E-state index is 0.0584. The zero-order chi connectivity index (χ0) is 25.7. The van der Waals surface area contributed by atoms with E-state index in [1.807, 2.05) is 0 Å². The molecule has 1 N–H and O–H groups in total. The average molecular weight is 508 g/mol. The van der Waals surface area contributed by atoms with Gasteiger partial charge in [0, 0.05) is 29.9 Å². The van der Waals surface area contributed by atoms with E-state index >= 15 is 0 Å². The molecule has 2 amide bonds. The van der Waals surface area contributed by atoms with E-state index in [0.717, 1.165) is 6.07 Å². The van der Waals surface area contributed by atoms with Gasteiger partial charge in [0.1, 0.15) is 18.5 Å². The van der Waals surface area contributed by atoms with Crippen LogP contribution in [0.2, 0.25) is 5.02 Å². The number of ether oxygens (including phenoxy) is 2. The van der Waals surface area contributed by atoms with Gasteiger partial charge >= 0.3 is 5.97 Å². The summed E-state index contributed by atoms with van der Waals surface area (Å²) in [6.45, 7) is 1.31. The normalized spacial score (nSPS) is 16.0. The number of fused-ring (bicyclic) bond motifs is 1. The van der Waals surface area contributed by atoms with E-state index < -0.39 is 47.3 Å². The molecule has 0 radical (unpaired) electrons. The third-order valence-electron chi connectivity index (χ3n) is 5.46. The molecule has 0 saturated heterocycles. The predicted octanol–water partition coefficient (Wildman–Crippen LogP) is 3.56. The molecule has 3 rings (SSSR count). The Balaban J connectivity index is 1.83. The molecule has 10 nitrogen and oxygen atoms in total. The number of nitro groups is 1. The zero-order valence-electron chi connectivity index (χ0n) is 19.0. The fourth-order valence-electron chi connectivity index (χ4n) is 3.76. The van der Waals surface area contributed by atoms with Crippen LogP contribution in [0.3, 0.4) is 0 Å². The standard InChI is InChI=1S/C23H23ClFN3O7/c1-13(23(31)34-2)26-21(29)12-35-20-4-3-9-27(19-8-5-14(25)10-17(19)20)22(30)16-7-6-15(28(32)33)11-18(16)24/h5-8,10-11,13,20H,3-4,9,12H2,1-2H3,(H,26,29)/t13-,20?/m0/s1. The van der Waals surface area contributed by atoms with Gasteiger partial charge in [0.25, 0.3) is 11.6 Å². The molecule has 0 aromatic heterocycles. The van der Waals surface area contributed by atoms with Crippen molar-refractivity contribution in [3.8, 4) is 0 Å². The van der Waals surface area contributed by atoms with E-state index in [1.54, 1.807) is 0 Å². The molecular formula is C23H23ClFN3O7. The smallest absolute Gasteiger partial charge is 0.328 e. The molecule has 2 aromatic carbocycles. The van der Waals surface area contributed by atoms with Crippen LogP contribution in [0.5, 0.6) is 0 Å². The molecule has 1 unspecified atom stereocenters. The summed E-state index contributed by atoms with van der Waals surface area (Å²) in [4.78, 5) is 48.8. The quantitative estimate of drug-likeness (QED) is 0.344. The summed E-state index contributed by atoms with van der Waals surface area (Å²) in [6.07, 6.45) is 0.135. The summed E-state index contributed by atoms with van der Waals surface area (Å²) < 4.78 is 24.5. The summed E-state index contributed by atoms with van der Waals surface area (Å²) in [5.74, 6) is -2.23. The van der Waals surface area contributed by atoms with Gasteiger partial charge in [-0.1, -0.05) is 11.6 Å². The Labute approximate surface area is 205 Å². The number of esters is 1. The van der Waals surface area contributed by atoms with Gasteiger partial charge in [-0.25, -0.2) is 9.18 Å². The molecule has 2 atom stereocenters. The predicted molar refractivity (Wildman–Crippen MR) is 124 cm³/mol. The number of nitrogens with one attached hydrogen (secondary N) is 1. The van der Waals surface area contributed by atoms with Crippen LogP contribution in [0.1, 0.15) is 41.8 Å². The molecule has 186 valence electrons. The van der Waals surface area contributed by atoms with Crippen molar-refractivity contribution in [1.29, 1.82) is 0 Å². The van der Waals surface area contributed by atoms with Crippen LogP contribution in [0, 0.1) is 15.9 Å². The lowest BCUT2D eigenvalue weighted by atomic mass is 10.0. The third kappa shape index (κ3) is 6.11. The van der Waals surface area contributed by atoms with E-state index in [2.05, 4.69) is 10.1 Å². The molecule has 1 heterocycles. The number of rotatable bonds is 7. The van der Waals surface area contributed by atoms with E-state index in [-0.39, 0.29) is 22.8 Å². The number of benzene rings is 2. The summed E-state index contributed by atoms with van der Waals surface area (Å²) in [6, 6.07) is 6.55.